The monoisotopic (exact) mass is 300 g/mol. The molecule has 0 spiro atoms. The molecular weight excluding hydrogens is 288 g/mol. The maximum atomic E-state index is 12.3. The number of carbonyl (C=O) groups excluding carboxylic acids is 1. The Morgan fingerprint density at radius 3 is 2.32 bits per heavy atom. The van der Waals surface area contributed by atoms with E-state index >= 15 is 0 Å². The van der Waals surface area contributed by atoms with Crippen molar-refractivity contribution in [2.45, 2.75) is 0 Å². The topological polar surface area (TPSA) is 96.9 Å². The van der Waals surface area contributed by atoms with Gasteiger partial charge in [-0.15, -0.1) is 0 Å². The van der Waals surface area contributed by atoms with Crippen LogP contribution in [-0.2, 0) is 0 Å². The lowest BCUT2D eigenvalue weighted by Crippen LogP contribution is -2.13. The first-order chi connectivity index (χ1) is 10.6. The van der Waals surface area contributed by atoms with Crippen molar-refractivity contribution < 1.29 is 24.2 Å². The summed E-state index contributed by atoms with van der Waals surface area (Å²) in [5.74, 6) is 0.624. The molecule has 1 heterocycles. The van der Waals surface area contributed by atoms with Gasteiger partial charge in [0.15, 0.2) is 11.5 Å². The lowest BCUT2D eigenvalue weighted by Gasteiger charge is -2.08. The number of anilines is 2. The molecule has 7 heteroatoms. The highest BCUT2D eigenvalue weighted by atomic mass is 16.7. The molecule has 2 aromatic rings. The van der Waals surface area contributed by atoms with Crippen LogP contribution in [0.3, 0.4) is 0 Å². The average Bonchev–Trinajstić information content (AvgIpc) is 2.97. The number of hydrogen-bond donors (Lipinski definition) is 3. The summed E-state index contributed by atoms with van der Waals surface area (Å²) in [5.41, 5.74) is 1.34. The van der Waals surface area contributed by atoms with E-state index in [-0.39, 0.29) is 12.7 Å². The number of fused-ring (bicyclic) bond motifs is 1. The number of para-hydroxylation sites is 1. The van der Waals surface area contributed by atoms with Gasteiger partial charge >= 0.3 is 6.09 Å². The first kappa shape index (κ1) is 13.7. The zero-order valence-corrected chi connectivity index (χ0v) is 11.3. The number of carboxylic acid groups (broad SMARTS) is 1. The van der Waals surface area contributed by atoms with Crippen molar-refractivity contribution in [3.63, 3.8) is 0 Å². The van der Waals surface area contributed by atoms with Gasteiger partial charge < -0.3 is 19.9 Å². The van der Waals surface area contributed by atoms with E-state index in [1.165, 1.54) is 0 Å². The van der Waals surface area contributed by atoms with Gasteiger partial charge in [-0.05, 0) is 36.4 Å². The van der Waals surface area contributed by atoms with Gasteiger partial charge in [0.25, 0.3) is 5.91 Å². The van der Waals surface area contributed by atoms with Gasteiger partial charge in [-0.25, -0.2) is 4.79 Å². The highest BCUT2D eigenvalue weighted by Crippen LogP contribution is 2.35. The molecule has 0 aromatic heterocycles. The summed E-state index contributed by atoms with van der Waals surface area (Å²) >= 11 is 0. The van der Waals surface area contributed by atoms with Crippen LogP contribution in [0, 0.1) is 0 Å². The van der Waals surface area contributed by atoms with Crippen LogP contribution in [0.15, 0.2) is 42.5 Å². The number of rotatable bonds is 3. The molecule has 0 aliphatic carbocycles. The summed E-state index contributed by atoms with van der Waals surface area (Å²) < 4.78 is 10.5. The number of ether oxygens (including phenoxy) is 2. The third-order valence-electron chi connectivity index (χ3n) is 3.04. The minimum atomic E-state index is -1.14. The van der Waals surface area contributed by atoms with Gasteiger partial charge in [-0.3, -0.25) is 10.1 Å². The van der Waals surface area contributed by atoms with Gasteiger partial charge in [0, 0.05) is 11.4 Å². The molecule has 2 amide bonds. The third-order valence-corrected chi connectivity index (χ3v) is 3.04. The van der Waals surface area contributed by atoms with Gasteiger partial charge in [0.2, 0.25) is 6.79 Å². The van der Waals surface area contributed by atoms with E-state index in [0.29, 0.717) is 28.4 Å². The van der Waals surface area contributed by atoms with Gasteiger partial charge in [-0.2, -0.15) is 0 Å². The number of carbonyl (C=O) groups is 2. The van der Waals surface area contributed by atoms with Crippen LogP contribution in [0.25, 0.3) is 0 Å². The van der Waals surface area contributed by atoms with Crippen LogP contribution in [0.2, 0.25) is 0 Å². The predicted octanol–water partition coefficient (Wildman–Crippen LogP) is 2.76. The molecule has 0 bridgehead atoms. The third kappa shape index (κ3) is 2.78. The van der Waals surface area contributed by atoms with Gasteiger partial charge in [-0.1, -0.05) is 6.07 Å². The van der Waals surface area contributed by atoms with Crippen molar-refractivity contribution in [3.8, 4) is 11.5 Å². The van der Waals surface area contributed by atoms with Crippen LogP contribution < -0.4 is 20.1 Å². The summed E-state index contributed by atoms with van der Waals surface area (Å²) in [5, 5.41) is 13.6. The molecule has 0 saturated carbocycles. The van der Waals surface area contributed by atoms with Crippen molar-refractivity contribution in [1.82, 2.24) is 0 Å². The summed E-state index contributed by atoms with van der Waals surface area (Å²) in [7, 11) is 0. The lowest BCUT2D eigenvalue weighted by molar-refractivity contribution is 0.102. The molecule has 7 nitrogen and oxygen atoms in total. The molecule has 2 aromatic carbocycles. The number of amides is 2. The van der Waals surface area contributed by atoms with Crippen molar-refractivity contribution in [2.24, 2.45) is 0 Å². The molecule has 0 unspecified atom stereocenters. The average molecular weight is 300 g/mol. The Labute approximate surface area is 125 Å². The molecular formula is C15H12N2O5. The molecule has 1 aliphatic heterocycles. The van der Waals surface area contributed by atoms with Gasteiger partial charge in [0.05, 0.1) is 5.56 Å². The zero-order valence-electron chi connectivity index (χ0n) is 11.3. The van der Waals surface area contributed by atoms with Crippen molar-refractivity contribution >= 4 is 23.4 Å². The first-order valence-electron chi connectivity index (χ1n) is 6.43. The number of nitrogens with one attached hydrogen (secondary N) is 2. The van der Waals surface area contributed by atoms with Crippen molar-refractivity contribution in [3.05, 3.63) is 48.0 Å². The highest BCUT2D eigenvalue weighted by Gasteiger charge is 2.21. The Morgan fingerprint density at radius 2 is 1.64 bits per heavy atom. The SMILES string of the molecule is O=C(O)Nc1ccc(NC(=O)c2cccc3c2OCO3)cc1. The number of hydrogen-bond acceptors (Lipinski definition) is 4. The lowest BCUT2D eigenvalue weighted by atomic mass is 10.1. The molecule has 22 heavy (non-hydrogen) atoms. The maximum Gasteiger partial charge on any atom is 0.409 e. The second-order valence-electron chi connectivity index (χ2n) is 4.50. The summed E-state index contributed by atoms with van der Waals surface area (Å²) in [6.45, 7) is 0.0924. The summed E-state index contributed by atoms with van der Waals surface area (Å²) in [6.07, 6.45) is -1.14. The largest absolute Gasteiger partial charge is 0.465 e. The Morgan fingerprint density at radius 1 is 0.955 bits per heavy atom. The van der Waals surface area contributed by atoms with Crippen LogP contribution >= 0.6 is 0 Å². The Kier molecular flexibility index (Phi) is 3.53. The molecule has 1 aliphatic rings. The van der Waals surface area contributed by atoms with E-state index in [1.54, 1.807) is 42.5 Å². The maximum absolute atomic E-state index is 12.3. The predicted molar refractivity (Wildman–Crippen MR) is 78.6 cm³/mol. The molecule has 3 rings (SSSR count). The van der Waals surface area contributed by atoms with Crippen LogP contribution in [0.4, 0.5) is 16.2 Å². The van der Waals surface area contributed by atoms with Gasteiger partial charge in [0.1, 0.15) is 0 Å². The number of benzene rings is 2. The minimum Gasteiger partial charge on any atom is -0.465 e. The van der Waals surface area contributed by atoms with Crippen LogP contribution in [0.5, 0.6) is 11.5 Å². The zero-order chi connectivity index (χ0) is 15.5. The first-order valence-corrected chi connectivity index (χ1v) is 6.43. The quantitative estimate of drug-likeness (QED) is 0.809. The van der Waals surface area contributed by atoms with Crippen LogP contribution in [-0.4, -0.2) is 23.9 Å². The van der Waals surface area contributed by atoms with Crippen molar-refractivity contribution in [1.29, 1.82) is 0 Å². The second kappa shape index (κ2) is 5.65. The van der Waals surface area contributed by atoms with Crippen LogP contribution in [0.1, 0.15) is 10.4 Å². The minimum absolute atomic E-state index is 0.0924. The molecule has 0 saturated heterocycles. The molecule has 0 fully saturated rings. The highest BCUT2D eigenvalue weighted by molar-refractivity contribution is 6.06. The van der Waals surface area contributed by atoms with E-state index in [1.807, 2.05) is 0 Å². The van der Waals surface area contributed by atoms with E-state index in [9.17, 15) is 9.59 Å². The summed E-state index contributed by atoms with van der Waals surface area (Å²) in [6, 6.07) is 11.4. The van der Waals surface area contributed by atoms with E-state index < -0.39 is 6.09 Å². The molecule has 3 N–H and O–H groups in total. The molecule has 0 atom stereocenters. The van der Waals surface area contributed by atoms with E-state index in [0.717, 1.165) is 0 Å². The second-order valence-corrected chi connectivity index (χ2v) is 4.50. The Balaban J connectivity index is 1.75. The fraction of sp³-hybridized carbons (Fsp3) is 0.0667. The smallest absolute Gasteiger partial charge is 0.409 e. The normalized spacial score (nSPS) is 11.8. The molecule has 112 valence electrons. The summed E-state index contributed by atoms with van der Waals surface area (Å²) in [4.78, 5) is 22.8. The standard InChI is InChI=1S/C15H12N2O5/c18-14(11-2-1-3-12-13(11)22-8-21-12)16-9-4-6-10(7-5-9)17-15(19)20/h1-7,17H,8H2,(H,16,18)(H,19,20). The van der Waals surface area contributed by atoms with E-state index in [2.05, 4.69) is 10.6 Å². The fourth-order valence-electron chi connectivity index (χ4n) is 2.07. The van der Waals surface area contributed by atoms with E-state index in [4.69, 9.17) is 14.6 Å². The van der Waals surface area contributed by atoms with Crippen molar-refractivity contribution in [2.75, 3.05) is 17.4 Å². The fourth-order valence-corrected chi connectivity index (χ4v) is 2.07. The Bertz CT molecular complexity index is 727. The molecule has 0 radical (unpaired) electrons. The Hall–Kier alpha value is -3.22.